The van der Waals surface area contributed by atoms with Gasteiger partial charge in [-0.1, -0.05) is 55.5 Å². The molecule has 6 heteroatoms. The maximum atomic E-state index is 12.3. The second-order valence-corrected chi connectivity index (χ2v) is 8.27. The predicted molar refractivity (Wildman–Crippen MR) is 109 cm³/mol. The van der Waals surface area contributed by atoms with E-state index in [0.29, 0.717) is 25.9 Å². The Morgan fingerprint density at radius 3 is 2.34 bits per heavy atom. The highest BCUT2D eigenvalue weighted by Gasteiger charge is 2.52. The van der Waals surface area contributed by atoms with E-state index in [1.165, 1.54) is 11.6 Å². The summed E-state index contributed by atoms with van der Waals surface area (Å²) in [6, 6.07) is 10.1. The summed E-state index contributed by atoms with van der Waals surface area (Å²) in [5.74, 6) is -2.79. The average Bonchev–Trinajstić information content (AvgIpc) is 2.73. The number of carbonyl (C=O) groups is 2. The van der Waals surface area contributed by atoms with Crippen molar-refractivity contribution < 1.29 is 24.9 Å². The van der Waals surface area contributed by atoms with E-state index in [4.69, 9.17) is 0 Å². The molecule has 1 aliphatic heterocycles. The van der Waals surface area contributed by atoms with Crippen LogP contribution in [0.15, 0.2) is 54.1 Å². The first kappa shape index (κ1) is 21.3. The van der Waals surface area contributed by atoms with Crippen molar-refractivity contribution >= 4 is 11.9 Å². The lowest BCUT2D eigenvalue weighted by atomic mass is 9.70. The minimum atomic E-state index is -1.37. The number of rotatable bonds is 7. The van der Waals surface area contributed by atoms with Gasteiger partial charge in [-0.15, -0.1) is 0 Å². The molecular formula is C23H29NO5. The summed E-state index contributed by atoms with van der Waals surface area (Å²) in [6.45, 7) is 2.74. The summed E-state index contributed by atoms with van der Waals surface area (Å²) < 4.78 is 0. The van der Waals surface area contributed by atoms with E-state index in [9.17, 15) is 24.9 Å². The molecule has 1 aliphatic carbocycles. The van der Waals surface area contributed by atoms with Crippen LogP contribution in [0.1, 0.15) is 31.7 Å². The number of likely N-dealkylation sites (tertiary alicyclic amines) is 1. The normalized spacial score (nSPS) is 26.7. The van der Waals surface area contributed by atoms with Crippen molar-refractivity contribution in [2.24, 2.45) is 11.3 Å². The Kier molecular flexibility index (Phi) is 6.24. The van der Waals surface area contributed by atoms with Crippen LogP contribution < -0.4 is 0 Å². The minimum absolute atomic E-state index is 0.0689. The molecule has 1 heterocycles. The van der Waals surface area contributed by atoms with Crippen LogP contribution in [0.3, 0.4) is 0 Å². The number of piperidine rings is 1. The molecule has 2 atom stereocenters. The second-order valence-electron chi connectivity index (χ2n) is 8.27. The third kappa shape index (κ3) is 4.00. The summed E-state index contributed by atoms with van der Waals surface area (Å²) in [7, 11) is 0. The molecule has 0 amide bonds. The van der Waals surface area contributed by atoms with Crippen LogP contribution in [0.5, 0.6) is 0 Å². The van der Waals surface area contributed by atoms with Gasteiger partial charge >= 0.3 is 11.9 Å². The number of allylic oxidation sites excluding steroid dienone is 2. The van der Waals surface area contributed by atoms with Gasteiger partial charge in [-0.3, -0.25) is 4.90 Å². The molecule has 3 N–H and O–H groups in total. The van der Waals surface area contributed by atoms with Crippen molar-refractivity contribution in [1.29, 1.82) is 0 Å². The smallest absolute Gasteiger partial charge is 0.331 e. The molecule has 156 valence electrons. The van der Waals surface area contributed by atoms with E-state index in [-0.39, 0.29) is 17.6 Å². The molecule has 29 heavy (non-hydrogen) atoms. The van der Waals surface area contributed by atoms with Crippen molar-refractivity contribution in [3.8, 4) is 0 Å². The van der Waals surface area contributed by atoms with Crippen molar-refractivity contribution in [1.82, 2.24) is 4.90 Å². The molecule has 3 rings (SSSR count). The van der Waals surface area contributed by atoms with Gasteiger partial charge in [0, 0.05) is 31.2 Å². The van der Waals surface area contributed by atoms with Gasteiger partial charge in [0.05, 0.1) is 0 Å². The second kappa shape index (κ2) is 8.51. The molecule has 2 aliphatic rings. The molecule has 2 unspecified atom stereocenters. The Balaban J connectivity index is 1.75. The first-order chi connectivity index (χ1) is 13.8. The van der Waals surface area contributed by atoms with Crippen LogP contribution in [0.25, 0.3) is 0 Å². The lowest BCUT2D eigenvalue weighted by molar-refractivity contribution is -0.153. The van der Waals surface area contributed by atoms with Gasteiger partial charge in [-0.2, -0.15) is 0 Å². The van der Waals surface area contributed by atoms with Crippen LogP contribution in [-0.2, 0) is 16.0 Å². The van der Waals surface area contributed by atoms with Crippen molar-refractivity contribution in [3.63, 3.8) is 0 Å². The Morgan fingerprint density at radius 2 is 1.79 bits per heavy atom. The molecule has 1 aromatic carbocycles. The van der Waals surface area contributed by atoms with Crippen LogP contribution in [-0.4, -0.2) is 57.4 Å². The fourth-order valence-corrected chi connectivity index (χ4v) is 4.74. The summed E-state index contributed by atoms with van der Waals surface area (Å²) in [6.07, 6.45) is 7.70. The number of carboxylic acid groups (broad SMARTS) is 2. The van der Waals surface area contributed by atoms with Gasteiger partial charge < -0.3 is 15.3 Å². The zero-order chi connectivity index (χ0) is 21.1. The maximum Gasteiger partial charge on any atom is 0.331 e. The van der Waals surface area contributed by atoms with Crippen LogP contribution in [0.4, 0.5) is 0 Å². The Morgan fingerprint density at radius 1 is 1.14 bits per heavy atom. The zero-order valence-electron chi connectivity index (χ0n) is 16.8. The summed E-state index contributed by atoms with van der Waals surface area (Å²) >= 11 is 0. The van der Waals surface area contributed by atoms with Crippen LogP contribution in [0.2, 0.25) is 0 Å². The summed E-state index contributed by atoms with van der Waals surface area (Å²) in [5.41, 5.74) is -0.273. The van der Waals surface area contributed by atoms with Gasteiger partial charge in [0.15, 0.2) is 0 Å². The third-order valence-electron chi connectivity index (χ3n) is 6.81. The molecule has 0 aromatic heterocycles. The van der Waals surface area contributed by atoms with Crippen molar-refractivity contribution in [3.05, 3.63) is 59.7 Å². The maximum absolute atomic E-state index is 12.3. The number of aliphatic hydroxyl groups excluding tert-OH is 1. The largest absolute Gasteiger partial charge is 0.480 e. The number of aliphatic carboxylic acids is 2. The zero-order valence-corrected chi connectivity index (χ0v) is 16.8. The van der Waals surface area contributed by atoms with E-state index >= 15 is 0 Å². The number of aryl methyl sites for hydroxylation is 1. The van der Waals surface area contributed by atoms with Crippen molar-refractivity contribution in [2.45, 2.75) is 38.1 Å². The lowest BCUT2D eigenvalue weighted by Gasteiger charge is -2.49. The highest BCUT2D eigenvalue weighted by Crippen LogP contribution is 2.42. The Hall–Kier alpha value is -2.44. The van der Waals surface area contributed by atoms with Gasteiger partial charge in [-0.05, 0) is 36.7 Å². The standard InChI is InChI=1S/C23H29NO5/c1-17-19(20(26)27)8-5-10-23(17,21(28)29)24-14-12-22(16-25,13-15-24)11-9-18-6-3-2-4-7-18/h2-8,10,17,25H,9,11-16H2,1H3,(H,26,27)(H,28,29). The summed E-state index contributed by atoms with van der Waals surface area (Å²) in [5, 5.41) is 29.7. The number of hydrogen-bond donors (Lipinski definition) is 3. The van der Waals surface area contributed by atoms with E-state index in [2.05, 4.69) is 12.1 Å². The van der Waals surface area contributed by atoms with E-state index < -0.39 is 23.4 Å². The number of hydrogen-bond acceptors (Lipinski definition) is 4. The van der Waals surface area contributed by atoms with Gasteiger partial charge in [0.2, 0.25) is 0 Å². The number of benzene rings is 1. The fraction of sp³-hybridized carbons (Fsp3) is 0.478. The third-order valence-corrected chi connectivity index (χ3v) is 6.81. The lowest BCUT2D eigenvalue weighted by Crippen LogP contribution is -2.62. The SMILES string of the molecule is CC1C(C(=O)O)=CC=CC1(C(=O)O)N1CCC(CO)(CCc2ccccc2)CC1. The van der Waals surface area contributed by atoms with Crippen molar-refractivity contribution in [2.75, 3.05) is 19.7 Å². The molecule has 1 aromatic rings. The van der Waals surface area contributed by atoms with E-state index in [0.717, 1.165) is 12.8 Å². The fourth-order valence-electron chi connectivity index (χ4n) is 4.74. The van der Waals surface area contributed by atoms with E-state index in [1.807, 2.05) is 23.1 Å². The van der Waals surface area contributed by atoms with Gasteiger partial charge in [0.25, 0.3) is 0 Å². The average molecular weight is 399 g/mol. The highest BCUT2D eigenvalue weighted by molar-refractivity contribution is 5.92. The molecule has 1 saturated heterocycles. The molecule has 0 saturated carbocycles. The first-order valence-electron chi connectivity index (χ1n) is 10.1. The molecule has 1 fully saturated rings. The summed E-state index contributed by atoms with van der Waals surface area (Å²) in [4.78, 5) is 25.8. The number of aliphatic hydroxyl groups is 1. The number of nitrogens with zero attached hydrogens (tertiary/aromatic N) is 1. The van der Waals surface area contributed by atoms with E-state index in [1.54, 1.807) is 19.1 Å². The van der Waals surface area contributed by atoms with Gasteiger partial charge in [-0.25, -0.2) is 9.59 Å². The highest BCUT2D eigenvalue weighted by atomic mass is 16.4. The minimum Gasteiger partial charge on any atom is -0.480 e. The molecule has 6 nitrogen and oxygen atoms in total. The molecule has 0 radical (unpaired) electrons. The Labute approximate surface area is 171 Å². The Bertz CT molecular complexity index is 808. The topological polar surface area (TPSA) is 98.1 Å². The first-order valence-corrected chi connectivity index (χ1v) is 10.1. The number of carboxylic acids is 2. The molecule has 0 spiro atoms. The predicted octanol–water partition coefficient (Wildman–Crippen LogP) is 2.73. The molecular weight excluding hydrogens is 370 g/mol. The van der Waals surface area contributed by atoms with Crippen LogP contribution >= 0.6 is 0 Å². The van der Waals surface area contributed by atoms with Crippen LogP contribution in [0, 0.1) is 11.3 Å². The quantitative estimate of drug-likeness (QED) is 0.652. The molecule has 0 bridgehead atoms. The monoisotopic (exact) mass is 399 g/mol. The van der Waals surface area contributed by atoms with Gasteiger partial charge in [0.1, 0.15) is 5.54 Å².